The van der Waals surface area contributed by atoms with Crippen molar-refractivity contribution in [1.82, 2.24) is 28.9 Å². The lowest BCUT2D eigenvalue weighted by Gasteiger charge is -2.22. The van der Waals surface area contributed by atoms with E-state index in [1.807, 2.05) is 42.9 Å². The Bertz CT molecular complexity index is 2280. The molecule has 0 fully saturated rings. The topological polar surface area (TPSA) is 60.9 Å². The van der Waals surface area contributed by atoms with Crippen molar-refractivity contribution in [3.05, 3.63) is 122 Å². The fourth-order valence-electron chi connectivity index (χ4n) is 6.17. The van der Waals surface area contributed by atoms with E-state index in [9.17, 15) is 0 Å². The first-order valence-corrected chi connectivity index (χ1v) is 13.2. The van der Waals surface area contributed by atoms with E-state index >= 15 is 0 Å². The second-order valence-corrected chi connectivity index (χ2v) is 9.99. The maximum Gasteiger partial charge on any atom is 0.221 e. The van der Waals surface area contributed by atoms with Crippen LogP contribution in [0.4, 0.5) is 0 Å². The minimum Gasteiger partial charge on any atom is -0.274 e. The molecule has 0 aliphatic heterocycles. The van der Waals surface area contributed by atoms with E-state index in [-0.39, 0.29) is 0 Å². The Morgan fingerprint density at radius 2 is 1.07 bits per heavy atom. The summed E-state index contributed by atoms with van der Waals surface area (Å²) < 4.78 is 4.35. The third kappa shape index (κ3) is 2.82. The van der Waals surface area contributed by atoms with Crippen LogP contribution in [0.15, 0.2) is 122 Å². The predicted octanol–water partition coefficient (Wildman–Crippen LogP) is 7.60. The molecule has 6 nitrogen and oxygen atoms in total. The molecule has 1 aliphatic carbocycles. The van der Waals surface area contributed by atoms with E-state index in [1.54, 1.807) is 0 Å². The molecule has 0 N–H and O–H groups in total. The maximum atomic E-state index is 5.05. The van der Waals surface area contributed by atoms with Crippen LogP contribution in [0.5, 0.6) is 0 Å². The summed E-state index contributed by atoms with van der Waals surface area (Å²) in [6.45, 7) is 0. The Labute approximate surface area is 228 Å². The second-order valence-electron chi connectivity index (χ2n) is 9.99. The van der Waals surface area contributed by atoms with Crippen LogP contribution in [-0.4, -0.2) is 28.9 Å². The number of aromatic nitrogens is 6. The van der Waals surface area contributed by atoms with Crippen molar-refractivity contribution >= 4 is 28.0 Å². The van der Waals surface area contributed by atoms with Crippen molar-refractivity contribution in [3.63, 3.8) is 0 Å². The summed E-state index contributed by atoms with van der Waals surface area (Å²) in [5, 5.41) is 0. The van der Waals surface area contributed by atoms with Crippen LogP contribution in [0.1, 0.15) is 0 Å². The van der Waals surface area contributed by atoms with E-state index in [0.29, 0.717) is 0 Å². The molecule has 5 aromatic heterocycles. The van der Waals surface area contributed by atoms with Crippen molar-refractivity contribution < 1.29 is 0 Å². The highest BCUT2D eigenvalue weighted by Crippen LogP contribution is 2.46. The van der Waals surface area contributed by atoms with E-state index in [1.165, 1.54) is 5.56 Å². The van der Waals surface area contributed by atoms with E-state index in [0.717, 1.165) is 72.9 Å². The molecule has 1 aliphatic rings. The zero-order chi connectivity index (χ0) is 26.2. The number of nitrogens with zero attached hydrogens (tertiary/aromatic N) is 6. The Morgan fingerprint density at radius 3 is 1.90 bits per heavy atom. The second kappa shape index (κ2) is 7.94. The standard InChI is InChI=1S/C34H20N6/c1-2-9-23-22(8-1)24-16-15-21(20-27(24)26-11-6-18-36-32(26)31-25(23)10-5-17-35-31)39-33-30(14-7-19-37-33)40-29-13-4-3-12-28(29)38-34(39)40/h1-20H. The smallest absolute Gasteiger partial charge is 0.221 e. The summed E-state index contributed by atoms with van der Waals surface area (Å²) in [6.07, 6.45) is 5.53. The van der Waals surface area contributed by atoms with Gasteiger partial charge in [-0.1, -0.05) is 54.6 Å². The van der Waals surface area contributed by atoms with E-state index in [4.69, 9.17) is 19.9 Å². The van der Waals surface area contributed by atoms with Crippen LogP contribution in [0.25, 0.3) is 78.4 Å². The molecule has 0 radical (unpaired) electrons. The SMILES string of the molecule is c1ccc2c(c1)-c1ccc(-n3c4ncccc4n4c5ccccc5nc34)cc1-c1cccnc1-c1ncccc1-2. The van der Waals surface area contributed by atoms with Crippen molar-refractivity contribution in [1.29, 1.82) is 0 Å². The van der Waals surface area contributed by atoms with Crippen LogP contribution in [-0.2, 0) is 0 Å². The third-order valence-corrected chi connectivity index (χ3v) is 7.86. The van der Waals surface area contributed by atoms with Crippen LogP contribution >= 0.6 is 0 Å². The van der Waals surface area contributed by atoms with Gasteiger partial charge in [-0.25, -0.2) is 9.97 Å². The monoisotopic (exact) mass is 512 g/mol. The lowest BCUT2D eigenvalue weighted by molar-refractivity contribution is 1.09. The van der Waals surface area contributed by atoms with Gasteiger partial charge in [-0.05, 0) is 70.8 Å². The average molecular weight is 513 g/mol. The number of fused-ring (bicyclic) bond motifs is 13. The van der Waals surface area contributed by atoms with Crippen LogP contribution in [0.2, 0.25) is 0 Å². The lowest BCUT2D eigenvalue weighted by atomic mass is 9.84. The first-order chi connectivity index (χ1) is 19.9. The number of rotatable bonds is 1. The zero-order valence-electron chi connectivity index (χ0n) is 21.2. The number of pyridine rings is 3. The Balaban J connectivity index is 1.40. The minimum atomic E-state index is 0.833. The van der Waals surface area contributed by atoms with Gasteiger partial charge in [0.2, 0.25) is 5.78 Å². The normalized spacial score (nSPS) is 12.0. The van der Waals surface area contributed by atoms with Gasteiger partial charge in [-0.2, -0.15) is 0 Å². The molecular formula is C34H20N6. The molecule has 8 aromatic rings. The number of imidazole rings is 2. The molecule has 5 heterocycles. The molecule has 0 unspecified atom stereocenters. The summed E-state index contributed by atoms with van der Waals surface area (Å²) >= 11 is 0. The van der Waals surface area contributed by atoms with Gasteiger partial charge >= 0.3 is 0 Å². The summed E-state index contributed by atoms with van der Waals surface area (Å²) in [6, 6.07) is 35.8. The van der Waals surface area contributed by atoms with Gasteiger partial charge in [0.05, 0.1) is 33.6 Å². The van der Waals surface area contributed by atoms with Gasteiger partial charge in [0.15, 0.2) is 5.65 Å². The Kier molecular flexibility index (Phi) is 4.24. The largest absolute Gasteiger partial charge is 0.274 e. The zero-order valence-corrected chi connectivity index (χ0v) is 21.2. The van der Waals surface area contributed by atoms with E-state index < -0.39 is 0 Å². The molecule has 0 saturated heterocycles. The molecule has 186 valence electrons. The molecule has 3 aromatic carbocycles. The van der Waals surface area contributed by atoms with Crippen molar-refractivity contribution in [2.24, 2.45) is 0 Å². The Morgan fingerprint density at radius 1 is 0.475 bits per heavy atom. The van der Waals surface area contributed by atoms with Crippen LogP contribution < -0.4 is 0 Å². The number of benzene rings is 3. The van der Waals surface area contributed by atoms with E-state index in [2.05, 4.69) is 87.8 Å². The molecule has 40 heavy (non-hydrogen) atoms. The van der Waals surface area contributed by atoms with Gasteiger partial charge in [-0.15, -0.1) is 0 Å². The first-order valence-electron chi connectivity index (χ1n) is 13.2. The maximum absolute atomic E-state index is 5.05. The van der Waals surface area contributed by atoms with Gasteiger partial charge < -0.3 is 0 Å². The molecule has 0 atom stereocenters. The summed E-state index contributed by atoms with van der Waals surface area (Å²) in [5.41, 5.74) is 13.3. The molecule has 6 heteroatoms. The number of para-hydroxylation sites is 2. The quantitative estimate of drug-likeness (QED) is 0.227. The molecule has 0 saturated carbocycles. The highest BCUT2D eigenvalue weighted by atomic mass is 15.2. The van der Waals surface area contributed by atoms with Crippen molar-refractivity contribution in [2.45, 2.75) is 0 Å². The molecule has 0 bridgehead atoms. The van der Waals surface area contributed by atoms with Crippen LogP contribution in [0.3, 0.4) is 0 Å². The van der Waals surface area contributed by atoms with Gasteiger partial charge in [0, 0.05) is 29.7 Å². The molecule has 0 spiro atoms. The number of hydrogen-bond acceptors (Lipinski definition) is 4. The third-order valence-electron chi connectivity index (χ3n) is 7.86. The van der Waals surface area contributed by atoms with Gasteiger partial charge in [0.1, 0.15) is 0 Å². The fourth-order valence-corrected chi connectivity index (χ4v) is 6.17. The summed E-state index contributed by atoms with van der Waals surface area (Å²) in [7, 11) is 0. The highest BCUT2D eigenvalue weighted by molar-refractivity contribution is 6.01. The highest BCUT2D eigenvalue weighted by Gasteiger charge is 2.25. The first kappa shape index (κ1) is 21.3. The molecular weight excluding hydrogens is 492 g/mol. The predicted molar refractivity (Wildman–Crippen MR) is 158 cm³/mol. The minimum absolute atomic E-state index is 0.833. The van der Waals surface area contributed by atoms with Gasteiger partial charge in [-0.3, -0.25) is 18.9 Å². The lowest BCUT2D eigenvalue weighted by Crippen LogP contribution is -2.02. The van der Waals surface area contributed by atoms with Crippen molar-refractivity contribution in [2.75, 3.05) is 0 Å². The van der Waals surface area contributed by atoms with Crippen LogP contribution in [0, 0.1) is 0 Å². The Hall–Kier alpha value is -5.62. The fraction of sp³-hybridized carbons (Fsp3) is 0. The van der Waals surface area contributed by atoms with Crippen molar-refractivity contribution in [3.8, 4) is 50.5 Å². The average Bonchev–Trinajstić information content (AvgIpc) is 3.55. The van der Waals surface area contributed by atoms with Gasteiger partial charge in [0.25, 0.3) is 0 Å². The summed E-state index contributed by atoms with van der Waals surface area (Å²) in [5.74, 6) is 0.833. The molecule has 0 amide bonds. The summed E-state index contributed by atoms with van der Waals surface area (Å²) in [4.78, 5) is 19.5. The molecule has 9 rings (SSSR count). The number of hydrogen-bond donors (Lipinski definition) is 0.